The van der Waals surface area contributed by atoms with Crippen molar-refractivity contribution in [2.75, 3.05) is 0 Å². The van der Waals surface area contributed by atoms with Crippen molar-refractivity contribution in [2.24, 2.45) is 10.2 Å². The van der Waals surface area contributed by atoms with Gasteiger partial charge in [0, 0.05) is 0 Å². The molecule has 0 atom stereocenters. The number of aromatic nitrogens is 2. The van der Waals surface area contributed by atoms with Crippen LogP contribution in [0.25, 0.3) is 0 Å². The fraction of sp³-hybridized carbons (Fsp3) is 0.0556. The Kier molecular flexibility index (Phi) is 6.42. The van der Waals surface area contributed by atoms with E-state index in [4.69, 9.17) is 0 Å². The van der Waals surface area contributed by atoms with Crippen LogP contribution in [0.4, 0.5) is 0 Å². The van der Waals surface area contributed by atoms with Crippen molar-refractivity contribution in [1.29, 1.82) is 0 Å². The van der Waals surface area contributed by atoms with Crippen LogP contribution in [0.2, 0.25) is 0 Å². The summed E-state index contributed by atoms with van der Waals surface area (Å²) in [6.45, 7) is -0.111. The number of hydrogen-bond acceptors (Lipinski definition) is 3. The molecule has 0 aliphatic carbocycles. The van der Waals surface area contributed by atoms with Crippen LogP contribution in [0.1, 0.15) is 16.8 Å². The average molecular weight is 341 g/mol. The molecule has 0 fully saturated rings. The van der Waals surface area contributed by atoms with Gasteiger partial charge < -0.3 is 17.5 Å². The summed E-state index contributed by atoms with van der Waals surface area (Å²) >= 11 is 0. The number of nitrogens with zero attached hydrogens (tertiary/aromatic N) is 4. The number of benzene rings is 2. The molecule has 6 heteroatoms. The third-order valence-electron chi connectivity index (χ3n) is 3.24. The molecule has 0 saturated carbocycles. The molecule has 0 spiro atoms. The van der Waals surface area contributed by atoms with E-state index in [-0.39, 0.29) is 19.0 Å². The number of imidazole rings is 1. The summed E-state index contributed by atoms with van der Waals surface area (Å²) in [5.41, 5.74) is 2.65. The van der Waals surface area contributed by atoms with Crippen molar-refractivity contribution in [1.82, 2.24) is 4.68 Å². The molecule has 5 nitrogen and oxygen atoms in total. The van der Waals surface area contributed by atoms with E-state index in [1.54, 1.807) is 34.3 Å². The van der Waals surface area contributed by atoms with Crippen LogP contribution in [0, 0.1) is 0 Å². The molecular weight excluding hydrogens is 324 g/mol. The summed E-state index contributed by atoms with van der Waals surface area (Å²) < 4.78 is 3.23. The van der Waals surface area contributed by atoms with Gasteiger partial charge in [0.25, 0.3) is 6.33 Å². The van der Waals surface area contributed by atoms with Gasteiger partial charge in [-0.15, -0.1) is 9.35 Å². The molecule has 1 aromatic heterocycles. The highest BCUT2D eigenvalue weighted by Crippen LogP contribution is 2.00. The summed E-state index contributed by atoms with van der Waals surface area (Å²) in [5, 5.41) is 18.2. The zero-order valence-corrected chi connectivity index (χ0v) is 13.7. The maximum Gasteiger partial charge on any atom is 0.295 e. The first kappa shape index (κ1) is 17.6. The third-order valence-corrected chi connectivity index (χ3v) is 3.24. The first-order valence-corrected chi connectivity index (χ1v) is 7.27. The van der Waals surface area contributed by atoms with Gasteiger partial charge in [-0.3, -0.25) is 0 Å². The van der Waals surface area contributed by atoms with Crippen LogP contribution in [0.5, 0.6) is 0 Å². The summed E-state index contributed by atoms with van der Waals surface area (Å²) in [5.74, 6) is 0. The van der Waals surface area contributed by atoms with Gasteiger partial charge in [0.2, 0.25) is 0 Å². The van der Waals surface area contributed by atoms with E-state index >= 15 is 0 Å². The molecule has 0 unspecified atom stereocenters. The molecule has 0 bridgehead atoms. The summed E-state index contributed by atoms with van der Waals surface area (Å²) in [6.07, 6.45) is 6.95. The lowest BCUT2D eigenvalue weighted by Gasteiger charge is -1.90. The van der Waals surface area contributed by atoms with Crippen LogP contribution in [-0.2, 0) is 6.61 Å². The smallest absolute Gasteiger partial charge is 0.295 e. The van der Waals surface area contributed by atoms with Crippen LogP contribution in [-0.4, -0.2) is 22.2 Å². The first-order valence-electron chi connectivity index (χ1n) is 7.27. The van der Waals surface area contributed by atoms with Crippen molar-refractivity contribution in [3.05, 3.63) is 90.0 Å². The van der Waals surface area contributed by atoms with E-state index in [2.05, 4.69) is 10.2 Å². The maximum atomic E-state index is 9.45. The lowest BCUT2D eigenvalue weighted by Crippen LogP contribution is -3.00. The normalized spacial score (nSPS) is 11.0. The van der Waals surface area contributed by atoms with Crippen molar-refractivity contribution in [3.8, 4) is 0 Å². The molecule has 3 aromatic rings. The van der Waals surface area contributed by atoms with Crippen LogP contribution < -0.4 is 17.1 Å². The van der Waals surface area contributed by atoms with Crippen LogP contribution >= 0.6 is 0 Å². The molecule has 0 aliphatic heterocycles. The van der Waals surface area contributed by atoms with Crippen LogP contribution in [0.3, 0.4) is 0 Å². The quantitative estimate of drug-likeness (QED) is 0.472. The molecule has 0 amide bonds. The standard InChI is InChI=1S/C18H17N4O.ClH/c23-14-18-13-21(19-11-16-7-3-1-4-8-16)15-22(18)20-12-17-9-5-2-6-10-17;/h1-13,15,23H,14H2;1H/q+1;/p-1. The number of rotatable bonds is 5. The Morgan fingerprint density at radius 2 is 1.50 bits per heavy atom. The number of aliphatic hydroxyl groups is 1. The minimum atomic E-state index is -0.111. The topological polar surface area (TPSA) is 53.8 Å². The zero-order chi connectivity index (χ0) is 15.9. The van der Waals surface area contributed by atoms with E-state index < -0.39 is 0 Å². The second kappa shape index (κ2) is 8.76. The SMILES string of the molecule is OCc1c[n+](N=Cc2ccccc2)cn1N=Cc1ccccc1.[Cl-]. The minimum Gasteiger partial charge on any atom is -1.00 e. The van der Waals surface area contributed by atoms with E-state index in [1.807, 2.05) is 60.7 Å². The fourth-order valence-electron chi connectivity index (χ4n) is 2.05. The molecule has 122 valence electrons. The molecule has 3 rings (SSSR count). The fourth-order valence-corrected chi connectivity index (χ4v) is 2.05. The van der Waals surface area contributed by atoms with Crippen LogP contribution in [0.15, 0.2) is 83.4 Å². The minimum absolute atomic E-state index is 0. The number of hydrogen-bond donors (Lipinski definition) is 1. The van der Waals surface area contributed by atoms with Crippen molar-refractivity contribution in [2.45, 2.75) is 6.61 Å². The van der Waals surface area contributed by atoms with Gasteiger partial charge in [-0.1, -0.05) is 70.9 Å². The monoisotopic (exact) mass is 340 g/mol. The molecule has 0 aliphatic rings. The van der Waals surface area contributed by atoms with Crippen molar-refractivity contribution >= 4 is 12.4 Å². The number of aliphatic hydroxyl groups excluding tert-OH is 1. The largest absolute Gasteiger partial charge is 1.00 e. The Morgan fingerprint density at radius 3 is 2.08 bits per heavy atom. The lowest BCUT2D eigenvalue weighted by molar-refractivity contribution is -0.677. The molecular formula is C18H17ClN4O. The van der Waals surface area contributed by atoms with Gasteiger partial charge in [0.1, 0.15) is 6.61 Å². The van der Waals surface area contributed by atoms with Crippen molar-refractivity contribution < 1.29 is 22.2 Å². The van der Waals surface area contributed by atoms with Gasteiger partial charge in [0.05, 0.1) is 12.4 Å². The van der Waals surface area contributed by atoms with E-state index in [1.165, 1.54) is 0 Å². The highest BCUT2D eigenvalue weighted by atomic mass is 35.5. The molecule has 1 heterocycles. The molecule has 1 N–H and O–H groups in total. The second-order valence-electron chi connectivity index (χ2n) is 4.93. The molecule has 0 radical (unpaired) electrons. The number of halogens is 1. The van der Waals surface area contributed by atoms with Gasteiger partial charge in [0.15, 0.2) is 11.9 Å². The van der Waals surface area contributed by atoms with Gasteiger partial charge in [-0.2, -0.15) is 0 Å². The van der Waals surface area contributed by atoms with Gasteiger partial charge in [-0.05, 0) is 11.1 Å². The Balaban J connectivity index is 0.00000208. The predicted molar refractivity (Wildman–Crippen MR) is 89.4 cm³/mol. The Labute approximate surface area is 146 Å². The van der Waals surface area contributed by atoms with E-state index in [0.717, 1.165) is 11.1 Å². The summed E-state index contributed by atoms with van der Waals surface area (Å²) in [6, 6.07) is 19.6. The first-order chi connectivity index (χ1) is 11.3. The second-order valence-corrected chi connectivity index (χ2v) is 4.93. The van der Waals surface area contributed by atoms with E-state index in [9.17, 15) is 5.11 Å². The summed E-state index contributed by atoms with van der Waals surface area (Å²) in [7, 11) is 0. The zero-order valence-electron chi connectivity index (χ0n) is 12.9. The molecule has 2 aromatic carbocycles. The Bertz CT molecular complexity index is 814. The molecule has 0 saturated heterocycles. The third kappa shape index (κ3) is 4.62. The predicted octanol–water partition coefficient (Wildman–Crippen LogP) is -0.964. The Hall–Kier alpha value is -2.76. The van der Waals surface area contributed by atoms with Gasteiger partial charge >= 0.3 is 0 Å². The average Bonchev–Trinajstić information content (AvgIpc) is 3.02. The summed E-state index contributed by atoms with van der Waals surface area (Å²) in [4.78, 5) is 0. The van der Waals surface area contributed by atoms with Gasteiger partial charge in [-0.25, -0.2) is 0 Å². The highest BCUT2D eigenvalue weighted by molar-refractivity contribution is 5.79. The highest BCUT2D eigenvalue weighted by Gasteiger charge is 2.11. The lowest BCUT2D eigenvalue weighted by atomic mass is 10.2. The molecule has 24 heavy (non-hydrogen) atoms. The van der Waals surface area contributed by atoms with E-state index in [0.29, 0.717) is 5.69 Å². The Morgan fingerprint density at radius 1 is 0.917 bits per heavy atom. The maximum absolute atomic E-state index is 9.45. The van der Waals surface area contributed by atoms with Crippen molar-refractivity contribution in [3.63, 3.8) is 0 Å².